The summed E-state index contributed by atoms with van der Waals surface area (Å²) in [4.78, 5) is 10.7. The minimum atomic E-state index is -0.610. The van der Waals surface area contributed by atoms with Crippen LogP contribution in [-0.4, -0.2) is 55.6 Å². The summed E-state index contributed by atoms with van der Waals surface area (Å²) in [6, 6.07) is 4.48. The van der Waals surface area contributed by atoms with Crippen LogP contribution in [0.3, 0.4) is 0 Å². The fraction of sp³-hybridized carbons (Fsp3) is 0.450. The lowest BCUT2D eigenvalue weighted by Gasteiger charge is -2.23. The van der Waals surface area contributed by atoms with Crippen LogP contribution in [0.15, 0.2) is 24.5 Å². The second kappa shape index (κ2) is 6.36. The van der Waals surface area contributed by atoms with Gasteiger partial charge >= 0.3 is 0 Å². The zero-order chi connectivity index (χ0) is 20.3. The average molecular weight is 398 g/mol. The molecule has 5 rings (SSSR count). The third kappa shape index (κ3) is 3.10. The molecule has 0 spiro atoms. The summed E-state index contributed by atoms with van der Waals surface area (Å²) in [5.41, 5.74) is 7.51. The van der Waals surface area contributed by atoms with Crippen LogP contribution < -0.4 is 15.4 Å². The number of H-pyrrole nitrogens is 1. The fourth-order valence-corrected chi connectivity index (χ4v) is 3.79. The number of aliphatic hydroxyl groups excluding tert-OH is 1. The van der Waals surface area contributed by atoms with Gasteiger partial charge in [-0.2, -0.15) is 5.10 Å². The molecule has 3 atom stereocenters. The highest BCUT2D eigenvalue weighted by Gasteiger charge is 2.41. The Kier molecular flexibility index (Phi) is 4.01. The molecule has 1 aliphatic carbocycles. The molecule has 2 aliphatic rings. The number of aliphatic hydroxyl groups is 1. The molecule has 3 heterocycles. The Morgan fingerprint density at radius 3 is 2.79 bits per heavy atom. The van der Waals surface area contributed by atoms with Gasteiger partial charge in [0.15, 0.2) is 11.6 Å². The lowest BCUT2D eigenvalue weighted by atomic mass is 10.1. The number of nitrogens with one attached hydrogen (secondary N) is 1. The maximum Gasteiger partial charge on any atom is 0.167 e. The third-order valence-corrected chi connectivity index (χ3v) is 5.99. The molecular formula is C20H23FN6O2. The number of halogens is 1. The smallest absolute Gasteiger partial charge is 0.167 e. The number of rotatable bonds is 4. The Morgan fingerprint density at radius 1 is 1.31 bits per heavy atom. The Bertz CT molecular complexity index is 1080. The number of nitrogens with two attached hydrogens (primary N) is 1. The Hall–Kier alpha value is -2.78. The molecule has 1 aromatic carbocycles. The van der Waals surface area contributed by atoms with Gasteiger partial charge in [-0.3, -0.25) is 5.10 Å². The van der Waals surface area contributed by atoms with Crippen LogP contribution in [0.1, 0.15) is 26.7 Å². The number of benzene rings is 1. The van der Waals surface area contributed by atoms with E-state index in [1.807, 2.05) is 24.8 Å². The van der Waals surface area contributed by atoms with E-state index >= 15 is 0 Å². The van der Waals surface area contributed by atoms with Gasteiger partial charge in [0.2, 0.25) is 0 Å². The van der Waals surface area contributed by atoms with Crippen molar-refractivity contribution in [3.8, 4) is 17.1 Å². The fourth-order valence-electron chi connectivity index (χ4n) is 3.79. The van der Waals surface area contributed by atoms with E-state index in [2.05, 4.69) is 20.2 Å². The summed E-state index contributed by atoms with van der Waals surface area (Å²) in [5.74, 6) is 0.462. The van der Waals surface area contributed by atoms with Crippen molar-refractivity contribution in [3.63, 3.8) is 0 Å². The van der Waals surface area contributed by atoms with Crippen LogP contribution in [0.5, 0.6) is 5.75 Å². The van der Waals surface area contributed by atoms with Crippen LogP contribution in [0.25, 0.3) is 22.3 Å². The largest absolute Gasteiger partial charge is 0.484 e. The molecule has 1 saturated carbocycles. The predicted molar refractivity (Wildman–Crippen MR) is 106 cm³/mol. The number of nitrogens with zero attached hydrogens (tertiary/aromatic N) is 4. The maximum absolute atomic E-state index is 14.4. The highest BCUT2D eigenvalue weighted by molar-refractivity contribution is 5.93. The van der Waals surface area contributed by atoms with Gasteiger partial charge in [0.25, 0.3) is 0 Å². The molecule has 152 valence electrons. The highest BCUT2D eigenvalue weighted by atomic mass is 19.1. The van der Waals surface area contributed by atoms with Crippen molar-refractivity contribution in [2.45, 2.75) is 50.5 Å². The first kappa shape index (κ1) is 18.3. The van der Waals surface area contributed by atoms with E-state index in [4.69, 9.17) is 10.5 Å². The monoisotopic (exact) mass is 398 g/mol. The second-order valence-electron chi connectivity index (χ2n) is 8.25. The number of β-amino-alcohol motifs (C(OH)–C–C–N with tert-alkyl or cyclic N) is 1. The molecule has 1 aliphatic heterocycles. The number of aromatic nitrogens is 4. The van der Waals surface area contributed by atoms with Crippen molar-refractivity contribution in [1.82, 2.24) is 20.2 Å². The van der Waals surface area contributed by atoms with Crippen molar-refractivity contribution >= 4 is 16.7 Å². The highest BCUT2D eigenvalue weighted by Crippen LogP contribution is 2.41. The van der Waals surface area contributed by atoms with Crippen molar-refractivity contribution in [3.05, 3.63) is 30.3 Å². The Balaban J connectivity index is 1.53. The summed E-state index contributed by atoms with van der Waals surface area (Å²) < 4.78 is 20.3. The van der Waals surface area contributed by atoms with Crippen molar-refractivity contribution in [2.24, 2.45) is 5.73 Å². The molecule has 1 saturated heterocycles. The predicted octanol–water partition coefficient (Wildman–Crippen LogP) is 1.99. The normalized spacial score (nSPS) is 25.6. The molecular weight excluding hydrogens is 375 g/mol. The summed E-state index contributed by atoms with van der Waals surface area (Å²) in [5, 5.41) is 18.0. The van der Waals surface area contributed by atoms with E-state index in [0.29, 0.717) is 29.3 Å². The van der Waals surface area contributed by atoms with Crippen molar-refractivity contribution in [2.75, 3.05) is 11.4 Å². The van der Waals surface area contributed by atoms with E-state index in [1.165, 1.54) is 12.4 Å². The summed E-state index contributed by atoms with van der Waals surface area (Å²) in [6.45, 7) is 4.33. The first-order chi connectivity index (χ1) is 13.8. The van der Waals surface area contributed by atoms with E-state index in [9.17, 15) is 9.50 Å². The molecule has 0 radical (unpaired) electrons. The molecule has 0 bridgehead atoms. The number of hydrogen-bond donors (Lipinski definition) is 3. The van der Waals surface area contributed by atoms with Crippen LogP contribution in [-0.2, 0) is 0 Å². The van der Waals surface area contributed by atoms with Crippen LogP contribution in [0, 0.1) is 5.82 Å². The van der Waals surface area contributed by atoms with Gasteiger partial charge in [0.05, 0.1) is 23.4 Å². The zero-order valence-electron chi connectivity index (χ0n) is 16.3. The molecule has 2 aromatic heterocycles. The van der Waals surface area contributed by atoms with Crippen molar-refractivity contribution in [1.29, 1.82) is 0 Å². The van der Waals surface area contributed by atoms with Crippen LogP contribution in [0.2, 0.25) is 0 Å². The molecule has 3 aromatic rings. The molecule has 8 nitrogen and oxygen atoms in total. The molecule has 0 unspecified atom stereocenters. The second-order valence-corrected chi connectivity index (χ2v) is 8.25. The Labute approximate surface area is 166 Å². The molecule has 0 amide bonds. The maximum atomic E-state index is 14.4. The first-order valence-corrected chi connectivity index (χ1v) is 9.74. The van der Waals surface area contributed by atoms with Gasteiger partial charge in [0, 0.05) is 30.1 Å². The molecule has 9 heteroatoms. The first-order valence-electron chi connectivity index (χ1n) is 9.74. The molecule has 2 fully saturated rings. The lowest BCUT2D eigenvalue weighted by molar-refractivity contribution is 0.175. The van der Waals surface area contributed by atoms with Crippen molar-refractivity contribution < 1.29 is 14.2 Å². The van der Waals surface area contributed by atoms with Gasteiger partial charge in [-0.05, 0) is 32.8 Å². The quantitative estimate of drug-likeness (QED) is 0.616. The van der Waals surface area contributed by atoms with E-state index in [-0.39, 0.29) is 23.4 Å². The number of hydrogen-bond acceptors (Lipinski definition) is 7. The summed E-state index contributed by atoms with van der Waals surface area (Å²) in [6.07, 6.45) is 2.68. The van der Waals surface area contributed by atoms with Gasteiger partial charge in [-0.25, -0.2) is 14.4 Å². The average Bonchev–Trinajstić information content (AvgIpc) is 3.20. The zero-order valence-corrected chi connectivity index (χ0v) is 16.3. The number of aromatic amines is 1. The number of fused-ring (bicyclic) bond motifs is 1. The number of anilines is 1. The van der Waals surface area contributed by atoms with E-state index in [1.54, 1.807) is 6.07 Å². The van der Waals surface area contributed by atoms with Gasteiger partial charge in [-0.1, -0.05) is 0 Å². The molecule has 29 heavy (non-hydrogen) atoms. The van der Waals surface area contributed by atoms with E-state index in [0.717, 1.165) is 18.2 Å². The summed E-state index contributed by atoms with van der Waals surface area (Å²) >= 11 is 0. The van der Waals surface area contributed by atoms with Crippen LogP contribution in [0.4, 0.5) is 10.2 Å². The van der Waals surface area contributed by atoms with E-state index < -0.39 is 11.9 Å². The lowest BCUT2D eigenvalue weighted by Crippen LogP contribution is -2.40. The van der Waals surface area contributed by atoms with Gasteiger partial charge in [-0.15, -0.1) is 0 Å². The van der Waals surface area contributed by atoms with Gasteiger partial charge < -0.3 is 20.5 Å². The van der Waals surface area contributed by atoms with Crippen LogP contribution >= 0.6 is 0 Å². The molecule has 4 N–H and O–H groups in total. The summed E-state index contributed by atoms with van der Waals surface area (Å²) in [7, 11) is 0. The topological polar surface area (TPSA) is 113 Å². The third-order valence-electron chi connectivity index (χ3n) is 5.99. The standard InChI is InChI=1S/C20H23FN6O2/c1-10-18(22)15(28)8-27(10)17-7-14(23-9-24-17)19-11-5-16(29-20(2)3-4-20)12(21)6-13(11)25-26-19/h5-7,9-10,15,18,28H,3-4,8,22H2,1-2H3,(H,25,26)/t10-,15-,18-/m0/s1. The SMILES string of the molecule is C[C@H]1[C@H](N)[C@@H](O)CN1c1cc(-c2n[nH]c3cc(F)c(OC4(C)CC4)cc23)ncn1. The number of ether oxygens (including phenoxy) is 1. The minimum absolute atomic E-state index is 0.0583. The Morgan fingerprint density at radius 2 is 2.10 bits per heavy atom. The van der Waals surface area contributed by atoms with Gasteiger partial charge in [0.1, 0.15) is 23.4 Å². The minimum Gasteiger partial charge on any atom is -0.484 e.